The smallest absolute Gasteiger partial charge is 0.228 e. The van der Waals surface area contributed by atoms with Gasteiger partial charge < -0.3 is 20.3 Å². The van der Waals surface area contributed by atoms with Crippen molar-refractivity contribution in [1.29, 1.82) is 0 Å². The van der Waals surface area contributed by atoms with Crippen molar-refractivity contribution >= 4 is 28.3 Å². The van der Waals surface area contributed by atoms with Crippen molar-refractivity contribution in [3.05, 3.63) is 40.4 Å². The number of ether oxygens (including phenoxy) is 1. The molecule has 1 aromatic carbocycles. The van der Waals surface area contributed by atoms with Crippen molar-refractivity contribution in [3.8, 4) is 5.75 Å². The third kappa shape index (κ3) is 5.05. The molecule has 1 aliphatic rings. The third-order valence-electron chi connectivity index (χ3n) is 4.45. The maximum Gasteiger partial charge on any atom is 0.228 e. The number of aromatic nitrogens is 1. The highest BCUT2D eigenvalue weighted by atomic mass is 32.1. The first-order valence-corrected chi connectivity index (χ1v) is 9.64. The van der Waals surface area contributed by atoms with Crippen LogP contribution in [-0.2, 0) is 22.6 Å². The lowest BCUT2D eigenvalue weighted by Gasteiger charge is -2.20. The Kier molecular flexibility index (Phi) is 6.08. The highest BCUT2D eigenvalue weighted by Gasteiger charge is 2.21. The fourth-order valence-corrected chi connectivity index (χ4v) is 4.17. The van der Waals surface area contributed by atoms with Crippen molar-refractivity contribution in [2.24, 2.45) is 0 Å². The minimum Gasteiger partial charge on any atom is -0.497 e. The van der Waals surface area contributed by atoms with Gasteiger partial charge in [0.25, 0.3) is 0 Å². The fourth-order valence-electron chi connectivity index (χ4n) is 3.07. The first kappa shape index (κ1) is 19.3. The summed E-state index contributed by atoms with van der Waals surface area (Å²) in [5, 5.41) is 6.35. The lowest BCUT2D eigenvalue weighted by atomic mass is 10.0. The molecule has 2 heterocycles. The Morgan fingerprint density at radius 3 is 2.74 bits per heavy atom. The molecule has 0 spiro atoms. The molecule has 1 aromatic heterocycles. The van der Waals surface area contributed by atoms with Gasteiger partial charge >= 0.3 is 0 Å². The lowest BCUT2D eigenvalue weighted by molar-refractivity contribution is -0.120. The number of thiazole rings is 1. The molecule has 27 heavy (non-hydrogen) atoms. The average molecular weight is 388 g/mol. The number of fused-ring (bicyclic) bond motifs is 1. The minimum atomic E-state index is -0.408. The zero-order valence-electron chi connectivity index (χ0n) is 15.7. The molecule has 2 N–H and O–H groups in total. The van der Waals surface area contributed by atoms with Crippen LogP contribution in [0.1, 0.15) is 35.5 Å². The Labute approximate surface area is 162 Å². The van der Waals surface area contributed by atoms with Crippen molar-refractivity contribution in [1.82, 2.24) is 15.2 Å². The van der Waals surface area contributed by atoms with Crippen LogP contribution in [-0.4, -0.2) is 42.4 Å². The second-order valence-electron chi connectivity index (χ2n) is 6.66. The summed E-state index contributed by atoms with van der Waals surface area (Å²) in [6.45, 7) is 3.29. The molecule has 144 valence electrons. The molecule has 8 heteroatoms. The Bertz CT molecular complexity index is 819. The molecule has 1 atom stereocenters. The van der Waals surface area contributed by atoms with Crippen molar-refractivity contribution in [3.63, 3.8) is 0 Å². The van der Waals surface area contributed by atoms with Crippen LogP contribution in [0.3, 0.4) is 0 Å². The average Bonchev–Trinajstić information content (AvgIpc) is 3.02. The van der Waals surface area contributed by atoms with Gasteiger partial charge in [-0.05, 0) is 24.7 Å². The molecule has 2 aromatic rings. The first-order valence-electron chi connectivity index (χ1n) is 8.82. The minimum absolute atomic E-state index is 0.135. The summed E-state index contributed by atoms with van der Waals surface area (Å²) in [6, 6.07) is 6.92. The summed E-state index contributed by atoms with van der Waals surface area (Å²) in [7, 11) is 3.67. The maximum atomic E-state index is 12.5. The van der Waals surface area contributed by atoms with Crippen LogP contribution >= 0.6 is 11.3 Å². The Morgan fingerprint density at radius 1 is 1.33 bits per heavy atom. The molecule has 2 amide bonds. The van der Waals surface area contributed by atoms with Crippen molar-refractivity contribution < 1.29 is 14.3 Å². The fraction of sp³-hybridized carbons (Fsp3) is 0.421. The van der Waals surface area contributed by atoms with Gasteiger partial charge in [0.2, 0.25) is 11.8 Å². The second-order valence-corrected chi connectivity index (χ2v) is 7.74. The first-order chi connectivity index (χ1) is 12.9. The second kappa shape index (κ2) is 8.49. The molecular weight excluding hydrogens is 364 g/mol. The molecule has 7 nitrogen and oxygen atoms in total. The number of nitrogens with zero attached hydrogens (tertiary/aromatic N) is 2. The van der Waals surface area contributed by atoms with E-state index in [0.29, 0.717) is 5.13 Å². The number of likely N-dealkylation sites (N-methyl/N-ethyl adjacent to an activating group) is 1. The normalized spacial score (nSPS) is 14.9. The zero-order chi connectivity index (χ0) is 19.4. The largest absolute Gasteiger partial charge is 0.497 e. The molecule has 0 radical (unpaired) electrons. The van der Waals surface area contributed by atoms with Crippen molar-refractivity contribution in [2.75, 3.05) is 26.0 Å². The predicted molar refractivity (Wildman–Crippen MR) is 105 cm³/mol. The van der Waals surface area contributed by atoms with Crippen LogP contribution in [0.15, 0.2) is 24.3 Å². The van der Waals surface area contributed by atoms with Gasteiger partial charge in [-0.1, -0.05) is 12.1 Å². The summed E-state index contributed by atoms with van der Waals surface area (Å²) in [5.41, 5.74) is 1.92. The SMILES string of the molecule is COc1ccc(C(CC(=O)Nc2nc3c(s2)CN(C)CC3)NC(C)=O)cc1. The van der Waals surface area contributed by atoms with Gasteiger partial charge in [0.15, 0.2) is 5.13 Å². The quantitative estimate of drug-likeness (QED) is 0.794. The van der Waals surface area contributed by atoms with E-state index >= 15 is 0 Å². The zero-order valence-corrected chi connectivity index (χ0v) is 16.6. The van der Waals surface area contributed by atoms with Gasteiger partial charge in [-0.25, -0.2) is 4.98 Å². The monoisotopic (exact) mass is 388 g/mol. The Morgan fingerprint density at radius 2 is 2.07 bits per heavy atom. The molecule has 1 aliphatic heterocycles. The molecule has 0 bridgehead atoms. The molecule has 1 unspecified atom stereocenters. The predicted octanol–water partition coefficient (Wildman–Crippen LogP) is 2.35. The molecule has 3 rings (SSSR count). The summed E-state index contributed by atoms with van der Waals surface area (Å²) in [5.74, 6) is 0.364. The van der Waals surface area contributed by atoms with E-state index in [2.05, 4.69) is 27.6 Å². The summed E-state index contributed by atoms with van der Waals surface area (Å²) >= 11 is 1.52. The van der Waals surface area contributed by atoms with E-state index in [4.69, 9.17) is 4.74 Å². The summed E-state index contributed by atoms with van der Waals surface area (Å²) in [4.78, 5) is 32.1. The molecule has 0 saturated carbocycles. The summed E-state index contributed by atoms with van der Waals surface area (Å²) in [6.07, 6.45) is 1.04. The highest BCUT2D eigenvalue weighted by Crippen LogP contribution is 2.28. The van der Waals surface area contributed by atoms with Crippen LogP contribution in [0.5, 0.6) is 5.75 Å². The van der Waals surface area contributed by atoms with Gasteiger partial charge in [-0.15, -0.1) is 11.3 Å². The molecular formula is C19H24N4O3S. The van der Waals surface area contributed by atoms with E-state index in [1.807, 2.05) is 24.3 Å². The number of nitrogens with one attached hydrogen (secondary N) is 2. The highest BCUT2D eigenvalue weighted by molar-refractivity contribution is 7.15. The standard InChI is InChI=1S/C19H24N4O3S/c1-12(24)20-16(13-4-6-14(26-3)7-5-13)10-18(25)22-19-21-15-8-9-23(2)11-17(15)27-19/h4-7,16H,8-11H2,1-3H3,(H,20,24)(H,21,22,25). The van der Waals surface area contributed by atoms with E-state index in [9.17, 15) is 9.59 Å². The van der Waals surface area contributed by atoms with Gasteiger partial charge in [0.05, 0.1) is 25.3 Å². The van der Waals surface area contributed by atoms with E-state index in [1.54, 1.807) is 7.11 Å². The van der Waals surface area contributed by atoms with Gasteiger partial charge in [0, 0.05) is 31.3 Å². The van der Waals surface area contributed by atoms with Gasteiger partial charge in [-0.2, -0.15) is 0 Å². The summed E-state index contributed by atoms with van der Waals surface area (Å²) < 4.78 is 5.16. The number of benzene rings is 1. The maximum absolute atomic E-state index is 12.5. The number of rotatable bonds is 6. The van der Waals surface area contributed by atoms with E-state index < -0.39 is 6.04 Å². The number of hydrogen-bond acceptors (Lipinski definition) is 6. The lowest BCUT2D eigenvalue weighted by Crippen LogP contribution is -2.29. The number of amides is 2. The topological polar surface area (TPSA) is 83.6 Å². The van der Waals surface area contributed by atoms with Crippen molar-refractivity contribution in [2.45, 2.75) is 32.4 Å². The van der Waals surface area contributed by atoms with E-state index in [0.717, 1.165) is 36.5 Å². The molecule has 0 aliphatic carbocycles. The van der Waals surface area contributed by atoms with Gasteiger partial charge in [0.1, 0.15) is 5.75 Å². The number of anilines is 1. The molecule has 0 fully saturated rings. The Hall–Kier alpha value is -2.45. The van der Waals surface area contributed by atoms with E-state index in [1.165, 1.54) is 23.1 Å². The van der Waals surface area contributed by atoms with Gasteiger partial charge in [-0.3, -0.25) is 9.59 Å². The number of methoxy groups -OCH3 is 1. The molecule has 0 saturated heterocycles. The third-order valence-corrected chi connectivity index (χ3v) is 5.45. The van der Waals surface area contributed by atoms with E-state index in [-0.39, 0.29) is 18.2 Å². The van der Waals surface area contributed by atoms with Crippen LogP contribution in [0.2, 0.25) is 0 Å². The Balaban J connectivity index is 1.68. The number of carbonyl (C=O) groups excluding carboxylic acids is 2. The van der Waals surface area contributed by atoms with Crippen LogP contribution in [0.25, 0.3) is 0 Å². The van der Waals surface area contributed by atoms with Crippen LogP contribution in [0, 0.1) is 0 Å². The number of carbonyl (C=O) groups is 2. The van der Waals surface area contributed by atoms with Crippen LogP contribution < -0.4 is 15.4 Å². The van der Waals surface area contributed by atoms with Crippen LogP contribution in [0.4, 0.5) is 5.13 Å². The number of hydrogen-bond donors (Lipinski definition) is 2.